The van der Waals surface area contributed by atoms with Crippen LogP contribution < -0.4 is 0 Å². The van der Waals surface area contributed by atoms with Crippen molar-refractivity contribution < 1.29 is 0 Å². The molecule has 0 atom stereocenters. The van der Waals surface area contributed by atoms with Gasteiger partial charge in [-0.3, -0.25) is 0 Å². The van der Waals surface area contributed by atoms with E-state index in [2.05, 4.69) is 182 Å². The first-order chi connectivity index (χ1) is 28.7. The number of nitriles is 2. The molecule has 4 nitrogen and oxygen atoms in total. The minimum atomic E-state index is 0.536. The van der Waals surface area contributed by atoms with Gasteiger partial charge in [-0.05, 0) is 129 Å². The van der Waals surface area contributed by atoms with Crippen LogP contribution in [-0.4, -0.2) is 9.13 Å². The van der Waals surface area contributed by atoms with Crippen LogP contribution in [0.1, 0.15) is 38.9 Å². The zero-order valence-corrected chi connectivity index (χ0v) is 33.7. The molecular weight excluding hydrogens is 717 g/mol. The van der Waals surface area contributed by atoms with E-state index in [-0.39, 0.29) is 0 Å². The van der Waals surface area contributed by atoms with Crippen molar-refractivity contribution in [3.8, 4) is 56.9 Å². The van der Waals surface area contributed by atoms with Gasteiger partial charge in [0, 0.05) is 27.1 Å². The summed E-state index contributed by atoms with van der Waals surface area (Å²) in [5.74, 6) is 0. The zero-order valence-electron chi connectivity index (χ0n) is 33.7. The summed E-state index contributed by atoms with van der Waals surface area (Å²) in [6.45, 7) is 10.6. The van der Waals surface area contributed by atoms with Crippen LogP contribution in [0.25, 0.3) is 88.4 Å². The SMILES string of the molecule is Cc1cc(C)cc(-c2ccc3c(c2)c2ccccc2n3-c2cc(C#N)c(-c3cc(C)cc(C#N)c3)cc2-n2c3ccccc3c3cc(-c4cc(C)cc(C)c4)ccc32)c1. The minimum Gasteiger partial charge on any atom is -0.307 e. The molecule has 2 aromatic heterocycles. The van der Waals surface area contributed by atoms with Crippen molar-refractivity contribution >= 4 is 43.6 Å². The first-order valence-corrected chi connectivity index (χ1v) is 20.0. The second kappa shape index (κ2) is 13.8. The number of hydrogen-bond donors (Lipinski definition) is 0. The van der Waals surface area contributed by atoms with Gasteiger partial charge >= 0.3 is 0 Å². The molecular formula is C55H40N4. The van der Waals surface area contributed by atoms with Crippen molar-refractivity contribution in [1.29, 1.82) is 10.5 Å². The number of benzene rings is 8. The van der Waals surface area contributed by atoms with Gasteiger partial charge in [0.15, 0.2) is 0 Å². The highest BCUT2D eigenvalue weighted by atomic mass is 15.1. The molecule has 0 N–H and O–H groups in total. The number of aryl methyl sites for hydroxylation is 5. The van der Waals surface area contributed by atoms with Gasteiger partial charge in [0.25, 0.3) is 0 Å². The molecule has 280 valence electrons. The fourth-order valence-corrected chi connectivity index (χ4v) is 9.38. The summed E-state index contributed by atoms with van der Waals surface area (Å²) in [5.41, 5.74) is 19.4. The Kier molecular flexibility index (Phi) is 8.34. The molecule has 0 aliphatic carbocycles. The number of nitrogens with zero attached hydrogens (tertiary/aromatic N) is 4. The van der Waals surface area contributed by atoms with E-state index >= 15 is 0 Å². The lowest BCUT2D eigenvalue weighted by Gasteiger charge is -2.20. The second-order valence-electron chi connectivity index (χ2n) is 16.1. The Morgan fingerprint density at radius 1 is 0.356 bits per heavy atom. The Labute approximate surface area is 344 Å². The van der Waals surface area contributed by atoms with Crippen molar-refractivity contribution in [3.05, 3.63) is 191 Å². The predicted octanol–water partition coefficient (Wildman–Crippen LogP) is 14.2. The summed E-state index contributed by atoms with van der Waals surface area (Å²) >= 11 is 0. The summed E-state index contributed by atoms with van der Waals surface area (Å²) in [6, 6.07) is 59.1. The van der Waals surface area contributed by atoms with Gasteiger partial charge in [0.05, 0.1) is 56.7 Å². The van der Waals surface area contributed by atoms with Crippen LogP contribution in [0.15, 0.2) is 152 Å². The van der Waals surface area contributed by atoms with E-state index in [1.54, 1.807) is 0 Å². The first kappa shape index (κ1) is 35.7. The Morgan fingerprint density at radius 2 is 0.797 bits per heavy atom. The largest absolute Gasteiger partial charge is 0.307 e. The van der Waals surface area contributed by atoms with E-state index in [4.69, 9.17) is 0 Å². The molecule has 0 bridgehead atoms. The topological polar surface area (TPSA) is 57.4 Å². The fourth-order valence-electron chi connectivity index (χ4n) is 9.38. The number of para-hydroxylation sites is 2. The summed E-state index contributed by atoms with van der Waals surface area (Å²) in [6.07, 6.45) is 0. The molecule has 10 rings (SSSR count). The number of rotatable bonds is 5. The van der Waals surface area contributed by atoms with Crippen LogP contribution in [0.2, 0.25) is 0 Å². The molecule has 0 amide bonds. The van der Waals surface area contributed by atoms with Crippen LogP contribution in [0.5, 0.6) is 0 Å². The van der Waals surface area contributed by atoms with Crippen LogP contribution in [0.4, 0.5) is 0 Å². The molecule has 59 heavy (non-hydrogen) atoms. The van der Waals surface area contributed by atoms with Gasteiger partial charge in [0.1, 0.15) is 0 Å². The lowest BCUT2D eigenvalue weighted by atomic mass is 9.95. The fraction of sp³-hybridized carbons (Fsp3) is 0.0909. The van der Waals surface area contributed by atoms with Gasteiger partial charge in [-0.1, -0.05) is 113 Å². The zero-order chi connectivity index (χ0) is 40.5. The normalized spacial score (nSPS) is 11.4. The lowest BCUT2D eigenvalue weighted by molar-refractivity contribution is 1.09. The third-order valence-electron chi connectivity index (χ3n) is 11.7. The highest BCUT2D eigenvalue weighted by Crippen LogP contribution is 2.43. The molecule has 0 radical (unpaired) electrons. The third-order valence-corrected chi connectivity index (χ3v) is 11.7. The van der Waals surface area contributed by atoms with Crippen molar-refractivity contribution in [2.45, 2.75) is 34.6 Å². The standard InChI is InChI=1S/C55H40N4/c1-33-18-34(2)22-41(21-33)39-14-16-52-48(27-39)45-10-6-8-12-50(45)58(52)54-29-44(32-57)47(43-25-37(5)20-38(26-43)31-56)30-55(54)59-51-13-9-7-11-46(51)49-28-40(15-17-53(49)59)42-23-35(3)19-36(4)24-42/h6-30H,1-5H3. The summed E-state index contributed by atoms with van der Waals surface area (Å²) in [7, 11) is 0. The van der Waals surface area contributed by atoms with Crippen molar-refractivity contribution in [1.82, 2.24) is 9.13 Å². The van der Waals surface area contributed by atoms with E-state index in [1.165, 1.54) is 38.9 Å². The van der Waals surface area contributed by atoms with E-state index in [1.807, 2.05) is 25.1 Å². The Bertz CT molecular complexity index is 3430. The highest BCUT2D eigenvalue weighted by molar-refractivity contribution is 6.13. The van der Waals surface area contributed by atoms with E-state index in [0.717, 1.165) is 77.2 Å². The van der Waals surface area contributed by atoms with Gasteiger partial charge in [-0.25, -0.2) is 0 Å². The molecule has 0 unspecified atom stereocenters. The molecule has 0 aliphatic heterocycles. The first-order valence-electron chi connectivity index (χ1n) is 20.0. The van der Waals surface area contributed by atoms with E-state index < -0.39 is 0 Å². The maximum atomic E-state index is 10.9. The Hall–Kier alpha value is -7.66. The molecule has 10 aromatic rings. The van der Waals surface area contributed by atoms with Crippen LogP contribution >= 0.6 is 0 Å². The molecule has 0 aliphatic rings. The Morgan fingerprint density at radius 3 is 1.29 bits per heavy atom. The van der Waals surface area contributed by atoms with Crippen LogP contribution in [-0.2, 0) is 0 Å². The van der Waals surface area contributed by atoms with Crippen molar-refractivity contribution in [2.24, 2.45) is 0 Å². The molecule has 8 aromatic carbocycles. The molecule has 0 fully saturated rings. The van der Waals surface area contributed by atoms with Gasteiger partial charge in [-0.15, -0.1) is 0 Å². The van der Waals surface area contributed by atoms with E-state index in [9.17, 15) is 10.5 Å². The smallest absolute Gasteiger partial charge is 0.0998 e. The monoisotopic (exact) mass is 756 g/mol. The molecule has 0 spiro atoms. The van der Waals surface area contributed by atoms with Crippen molar-refractivity contribution in [3.63, 3.8) is 0 Å². The maximum Gasteiger partial charge on any atom is 0.0998 e. The number of fused-ring (bicyclic) bond motifs is 6. The van der Waals surface area contributed by atoms with Gasteiger partial charge < -0.3 is 9.13 Å². The molecule has 0 saturated carbocycles. The lowest BCUT2D eigenvalue weighted by Crippen LogP contribution is -2.05. The van der Waals surface area contributed by atoms with Crippen LogP contribution in [0.3, 0.4) is 0 Å². The van der Waals surface area contributed by atoms with Crippen LogP contribution in [0, 0.1) is 57.3 Å². The summed E-state index contributed by atoms with van der Waals surface area (Å²) < 4.78 is 4.69. The average molecular weight is 757 g/mol. The van der Waals surface area contributed by atoms with E-state index in [0.29, 0.717) is 11.1 Å². The molecule has 2 heterocycles. The maximum absolute atomic E-state index is 10.9. The van der Waals surface area contributed by atoms with Crippen molar-refractivity contribution in [2.75, 3.05) is 0 Å². The quantitative estimate of drug-likeness (QED) is 0.176. The van der Waals surface area contributed by atoms with Gasteiger partial charge in [-0.2, -0.15) is 10.5 Å². The molecule has 4 heteroatoms. The highest BCUT2D eigenvalue weighted by Gasteiger charge is 2.23. The summed E-state index contributed by atoms with van der Waals surface area (Å²) in [4.78, 5) is 0. The predicted molar refractivity (Wildman–Crippen MR) is 245 cm³/mol. The second-order valence-corrected chi connectivity index (χ2v) is 16.1. The average Bonchev–Trinajstić information content (AvgIpc) is 3.74. The van der Waals surface area contributed by atoms with Gasteiger partial charge in [0.2, 0.25) is 0 Å². The minimum absolute atomic E-state index is 0.536. The number of hydrogen-bond acceptors (Lipinski definition) is 2. The molecule has 0 saturated heterocycles. The number of aromatic nitrogens is 2. The Balaban J connectivity index is 1.32. The third kappa shape index (κ3) is 5.97. The summed E-state index contributed by atoms with van der Waals surface area (Å²) in [5, 5.41) is 25.5.